The van der Waals surface area contributed by atoms with Gasteiger partial charge in [0.1, 0.15) is 5.75 Å². The molecule has 3 aromatic carbocycles. The number of aromatic hydroxyl groups is 1. The molecule has 0 bridgehead atoms. The number of hydrogen-bond donors (Lipinski definition) is 1. The predicted octanol–water partition coefficient (Wildman–Crippen LogP) is 4.62. The highest BCUT2D eigenvalue weighted by Crippen LogP contribution is 2.37. The number of morpholine rings is 1. The standard InChI is InChI=1S/C25H25ClN2O3/c26-19-7-8-23-18(14-19)5-3-9-28(23)16-22-20-6-2-1-4-17(20)15-21(24(22)29)25(30)27-10-12-31-13-11-27/h1-2,4,6-8,14-15,29H,3,5,9-13,16H2. The number of benzene rings is 3. The van der Waals surface area contributed by atoms with Gasteiger partial charge in [0.2, 0.25) is 0 Å². The van der Waals surface area contributed by atoms with Crippen LogP contribution in [0.15, 0.2) is 48.5 Å². The van der Waals surface area contributed by atoms with E-state index in [1.165, 1.54) is 5.56 Å². The summed E-state index contributed by atoms with van der Waals surface area (Å²) in [6.45, 7) is 3.57. The second kappa shape index (κ2) is 8.40. The quantitative estimate of drug-likeness (QED) is 0.650. The minimum atomic E-state index is -0.140. The Balaban J connectivity index is 1.57. The third kappa shape index (κ3) is 3.84. The molecule has 6 heteroatoms. The van der Waals surface area contributed by atoms with Gasteiger partial charge < -0.3 is 19.6 Å². The third-order valence-electron chi connectivity index (χ3n) is 6.26. The van der Waals surface area contributed by atoms with Crippen molar-refractivity contribution in [3.8, 4) is 5.75 Å². The second-order valence-electron chi connectivity index (χ2n) is 8.18. The highest BCUT2D eigenvalue weighted by molar-refractivity contribution is 6.30. The van der Waals surface area contributed by atoms with Gasteiger partial charge in [0.25, 0.3) is 5.91 Å². The van der Waals surface area contributed by atoms with Crippen LogP contribution in [0.1, 0.15) is 27.9 Å². The minimum Gasteiger partial charge on any atom is -0.507 e. The number of nitrogens with zero attached hydrogens (tertiary/aromatic N) is 2. The van der Waals surface area contributed by atoms with Crippen LogP contribution in [0.3, 0.4) is 0 Å². The Kier molecular flexibility index (Phi) is 5.47. The second-order valence-corrected chi connectivity index (χ2v) is 8.61. The SMILES string of the molecule is O=C(c1cc2ccccc2c(CN2CCCc3cc(Cl)ccc32)c1O)N1CCOCC1. The molecule has 0 atom stereocenters. The van der Waals surface area contributed by atoms with Crippen molar-refractivity contribution in [3.05, 3.63) is 70.2 Å². The fourth-order valence-electron chi connectivity index (χ4n) is 4.67. The van der Waals surface area contributed by atoms with Crippen molar-refractivity contribution >= 4 is 34.0 Å². The maximum Gasteiger partial charge on any atom is 0.257 e. The van der Waals surface area contributed by atoms with Gasteiger partial charge in [-0.3, -0.25) is 4.79 Å². The molecule has 160 valence electrons. The largest absolute Gasteiger partial charge is 0.507 e. The number of rotatable bonds is 3. The molecule has 1 amide bonds. The molecule has 1 N–H and O–H groups in total. The van der Waals surface area contributed by atoms with Crippen molar-refractivity contribution in [3.63, 3.8) is 0 Å². The van der Waals surface area contributed by atoms with E-state index < -0.39 is 0 Å². The van der Waals surface area contributed by atoms with E-state index in [2.05, 4.69) is 11.0 Å². The van der Waals surface area contributed by atoms with Crippen LogP contribution >= 0.6 is 11.6 Å². The molecule has 5 nitrogen and oxygen atoms in total. The average molecular weight is 437 g/mol. The first-order valence-corrected chi connectivity index (χ1v) is 11.1. The number of fused-ring (bicyclic) bond motifs is 2. The number of carbonyl (C=O) groups excluding carboxylic acids is 1. The number of phenolic OH excluding ortho intramolecular Hbond substituents is 1. The Morgan fingerprint density at radius 3 is 2.71 bits per heavy atom. The van der Waals surface area contributed by atoms with E-state index in [9.17, 15) is 9.90 Å². The molecular weight excluding hydrogens is 412 g/mol. The summed E-state index contributed by atoms with van der Waals surface area (Å²) >= 11 is 6.21. The molecule has 1 saturated heterocycles. The van der Waals surface area contributed by atoms with Crippen molar-refractivity contribution in [2.24, 2.45) is 0 Å². The fourth-order valence-corrected chi connectivity index (χ4v) is 4.86. The average Bonchev–Trinajstić information content (AvgIpc) is 2.80. The molecule has 2 aliphatic rings. The van der Waals surface area contributed by atoms with E-state index in [1.807, 2.05) is 42.5 Å². The minimum absolute atomic E-state index is 0.0799. The lowest BCUT2D eigenvalue weighted by Gasteiger charge is -2.32. The monoisotopic (exact) mass is 436 g/mol. The molecule has 0 saturated carbocycles. The zero-order valence-corrected chi connectivity index (χ0v) is 18.1. The van der Waals surface area contributed by atoms with Gasteiger partial charge >= 0.3 is 0 Å². The predicted molar refractivity (Wildman–Crippen MR) is 123 cm³/mol. The van der Waals surface area contributed by atoms with E-state index in [1.54, 1.807) is 4.90 Å². The number of amides is 1. The smallest absolute Gasteiger partial charge is 0.257 e. The van der Waals surface area contributed by atoms with Gasteiger partial charge in [-0.1, -0.05) is 35.9 Å². The first-order chi connectivity index (χ1) is 15.1. The molecule has 0 spiro atoms. The van der Waals surface area contributed by atoms with Gasteiger partial charge in [-0.25, -0.2) is 0 Å². The van der Waals surface area contributed by atoms with Gasteiger partial charge in [0, 0.05) is 42.5 Å². The normalized spacial score (nSPS) is 16.4. The molecule has 5 rings (SSSR count). The van der Waals surface area contributed by atoms with Crippen LogP contribution in [0, 0.1) is 0 Å². The van der Waals surface area contributed by atoms with Gasteiger partial charge in [-0.15, -0.1) is 0 Å². The topological polar surface area (TPSA) is 53.0 Å². The van der Waals surface area contributed by atoms with Gasteiger partial charge in [-0.2, -0.15) is 0 Å². The summed E-state index contributed by atoms with van der Waals surface area (Å²) in [7, 11) is 0. The summed E-state index contributed by atoms with van der Waals surface area (Å²) in [5, 5.41) is 14.0. The zero-order valence-electron chi connectivity index (χ0n) is 17.3. The number of phenols is 1. The lowest BCUT2D eigenvalue weighted by atomic mass is 9.96. The van der Waals surface area contributed by atoms with Gasteiger partial charge in [0.15, 0.2) is 0 Å². The molecule has 2 heterocycles. The Morgan fingerprint density at radius 1 is 1.06 bits per heavy atom. The Morgan fingerprint density at radius 2 is 1.87 bits per heavy atom. The molecule has 0 aromatic heterocycles. The molecule has 0 unspecified atom stereocenters. The Hall–Kier alpha value is -2.76. The van der Waals surface area contributed by atoms with Crippen LogP contribution in [0.4, 0.5) is 5.69 Å². The summed E-state index contributed by atoms with van der Waals surface area (Å²) in [4.78, 5) is 17.3. The number of halogens is 1. The molecule has 3 aromatic rings. The van der Waals surface area contributed by atoms with E-state index >= 15 is 0 Å². The van der Waals surface area contributed by atoms with Gasteiger partial charge in [0.05, 0.1) is 18.8 Å². The van der Waals surface area contributed by atoms with Crippen molar-refractivity contribution in [1.82, 2.24) is 4.90 Å². The molecule has 0 radical (unpaired) electrons. The highest BCUT2D eigenvalue weighted by atomic mass is 35.5. The molecule has 0 aliphatic carbocycles. The van der Waals surface area contributed by atoms with E-state index in [0.29, 0.717) is 38.4 Å². The summed E-state index contributed by atoms with van der Waals surface area (Å²) in [6.07, 6.45) is 2.02. The first-order valence-electron chi connectivity index (χ1n) is 10.8. The number of ether oxygens (including phenoxy) is 1. The number of hydrogen-bond acceptors (Lipinski definition) is 4. The summed E-state index contributed by atoms with van der Waals surface area (Å²) in [5.41, 5.74) is 3.52. The fraction of sp³-hybridized carbons (Fsp3) is 0.320. The number of aryl methyl sites for hydroxylation is 1. The van der Waals surface area contributed by atoms with Crippen LogP contribution < -0.4 is 4.90 Å². The van der Waals surface area contributed by atoms with Crippen LogP contribution in [0.2, 0.25) is 5.02 Å². The maximum atomic E-state index is 13.2. The van der Waals surface area contributed by atoms with Crippen molar-refractivity contribution in [2.45, 2.75) is 19.4 Å². The first kappa shape index (κ1) is 20.2. The van der Waals surface area contributed by atoms with E-state index in [4.69, 9.17) is 16.3 Å². The number of carbonyl (C=O) groups is 1. The molecule has 31 heavy (non-hydrogen) atoms. The molecular formula is C25H25ClN2O3. The van der Waals surface area contributed by atoms with Crippen molar-refractivity contribution < 1.29 is 14.6 Å². The molecule has 2 aliphatic heterocycles. The molecule has 1 fully saturated rings. The van der Waals surface area contributed by atoms with Crippen LogP contribution in [-0.4, -0.2) is 48.8 Å². The van der Waals surface area contributed by atoms with Crippen LogP contribution in [-0.2, 0) is 17.7 Å². The summed E-state index contributed by atoms with van der Waals surface area (Å²) < 4.78 is 5.38. The van der Waals surface area contributed by atoms with E-state index in [-0.39, 0.29) is 11.7 Å². The lowest BCUT2D eigenvalue weighted by molar-refractivity contribution is 0.0301. The van der Waals surface area contributed by atoms with Crippen LogP contribution in [0.25, 0.3) is 10.8 Å². The Bertz CT molecular complexity index is 1140. The summed E-state index contributed by atoms with van der Waals surface area (Å²) in [6, 6.07) is 15.8. The highest BCUT2D eigenvalue weighted by Gasteiger charge is 2.26. The maximum absolute atomic E-state index is 13.2. The summed E-state index contributed by atoms with van der Waals surface area (Å²) in [5.74, 6) is -0.0603. The van der Waals surface area contributed by atoms with Crippen LogP contribution in [0.5, 0.6) is 5.75 Å². The Labute approximate surface area is 186 Å². The number of anilines is 1. The van der Waals surface area contributed by atoms with Crippen molar-refractivity contribution in [2.75, 3.05) is 37.7 Å². The lowest BCUT2D eigenvalue weighted by Crippen LogP contribution is -2.40. The van der Waals surface area contributed by atoms with E-state index in [0.717, 1.165) is 46.4 Å². The van der Waals surface area contributed by atoms with Gasteiger partial charge in [-0.05, 0) is 53.4 Å². The third-order valence-corrected chi connectivity index (χ3v) is 6.50. The zero-order chi connectivity index (χ0) is 21.4. The van der Waals surface area contributed by atoms with Crippen molar-refractivity contribution in [1.29, 1.82) is 0 Å².